The summed E-state index contributed by atoms with van der Waals surface area (Å²) in [4.78, 5) is 18.1. The zero-order valence-electron chi connectivity index (χ0n) is 11.2. The van der Waals surface area contributed by atoms with Gasteiger partial charge in [-0.25, -0.2) is 4.79 Å². The van der Waals surface area contributed by atoms with E-state index in [0.29, 0.717) is 23.7 Å². The van der Waals surface area contributed by atoms with Crippen LogP contribution in [0.4, 0.5) is 0 Å². The van der Waals surface area contributed by atoms with Crippen molar-refractivity contribution in [2.24, 2.45) is 0 Å². The van der Waals surface area contributed by atoms with Gasteiger partial charge in [-0.15, -0.1) is 0 Å². The molecule has 0 unspecified atom stereocenters. The van der Waals surface area contributed by atoms with Gasteiger partial charge in [0.2, 0.25) is 0 Å². The van der Waals surface area contributed by atoms with Gasteiger partial charge in [-0.2, -0.15) is 0 Å². The van der Waals surface area contributed by atoms with E-state index in [1.165, 1.54) is 0 Å². The zero-order valence-corrected chi connectivity index (χ0v) is 11.2. The van der Waals surface area contributed by atoms with Gasteiger partial charge in [0.25, 0.3) is 0 Å². The van der Waals surface area contributed by atoms with Crippen LogP contribution in [0, 0.1) is 0 Å². The predicted molar refractivity (Wildman–Crippen MR) is 69.8 cm³/mol. The van der Waals surface area contributed by atoms with Crippen LogP contribution in [0.15, 0.2) is 6.07 Å². The summed E-state index contributed by atoms with van der Waals surface area (Å²) < 4.78 is 0. The van der Waals surface area contributed by atoms with E-state index in [9.17, 15) is 9.90 Å². The number of aromatic carboxylic acids is 1. The molecule has 4 heteroatoms. The van der Waals surface area contributed by atoms with Crippen LogP contribution in [-0.4, -0.2) is 33.5 Å². The molecule has 2 heterocycles. The second-order valence-corrected chi connectivity index (χ2v) is 5.06. The fraction of sp³-hybridized carbons (Fsp3) is 0.571. The lowest BCUT2D eigenvalue weighted by atomic mass is 10.00. The average molecular weight is 248 g/mol. The summed E-state index contributed by atoms with van der Waals surface area (Å²) in [6.07, 6.45) is 1.59. The molecular formula is C14H20N2O2. The third kappa shape index (κ3) is 2.38. The minimum Gasteiger partial charge on any atom is -0.478 e. The van der Waals surface area contributed by atoms with E-state index in [-0.39, 0.29) is 0 Å². The molecule has 0 saturated heterocycles. The molecular weight excluding hydrogens is 228 g/mol. The highest BCUT2D eigenvalue weighted by Crippen LogP contribution is 2.22. The van der Waals surface area contributed by atoms with Crippen LogP contribution in [0.1, 0.15) is 48.1 Å². The lowest BCUT2D eigenvalue weighted by Gasteiger charge is -2.31. The van der Waals surface area contributed by atoms with Crippen molar-refractivity contribution in [3.05, 3.63) is 28.6 Å². The lowest BCUT2D eigenvalue weighted by molar-refractivity contribution is 0.0694. The first kappa shape index (κ1) is 13.0. The number of hydrogen-bond donors (Lipinski definition) is 1. The first-order valence-electron chi connectivity index (χ1n) is 6.52. The molecule has 18 heavy (non-hydrogen) atoms. The number of rotatable bonds is 3. The summed E-state index contributed by atoms with van der Waals surface area (Å²) in [7, 11) is 0. The molecule has 4 nitrogen and oxygen atoms in total. The number of carboxylic acid groups (broad SMARTS) is 1. The number of aryl methyl sites for hydroxylation is 1. The van der Waals surface area contributed by atoms with Gasteiger partial charge < -0.3 is 5.11 Å². The Morgan fingerprint density at radius 1 is 1.56 bits per heavy atom. The largest absolute Gasteiger partial charge is 0.478 e. The molecule has 1 aromatic rings. The molecule has 0 bridgehead atoms. The van der Waals surface area contributed by atoms with E-state index in [4.69, 9.17) is 0 Å². The molecule has 1 N–H and O–H groups in total. The Labute approximate surface area is 108 Å². The fourth-order valence-electron chi connectivity index (χ4n) is 2.43. The van der Waals surface area contributed by atoms with Crippen LogP contribution >= 0.6 is 0 Å². The monoisotopic (exact) mass is 248 g/mol. The van der Waals surface area contributed by atoms with Gasteiger partial charge >= 0.3 is 5.97 Å². The zero-order chi connectivity index (χ0) is 13.3. The molecule has 98 valence electrons. The summed E-state index contributed by atoms with van der Waals surface area (Å²) in [5.74, 6) is -0.871. The summed E-state index contributed by atoms with van der Waals surface area (Å²) in [6.45, 7) is 8.09. The topological polar surface area (TPSA) is 53.4 Å². The van der Waals surface area contributed by atoms with Crippen LogP contribution < -0.4 is 0 Å². The maximum atomic E-state index is 11.2. The van der Waals surface area contributed by atoms with E-state index in [0.717, 1.165) is 30.8 Å². The Hall–Kier alpha value is -1.42. The van der Waals surface area contributed by atoms with Gasteiger partial charge in [-0.05, 0) is 31.9 Å². The third-order valence-corrected chi connectivity index (χ3v) is 3.57. The van der Waals surface area contributed by atoms with E-state index < -0.39 is 5.97 Å². The minimum absolute atomic E-state index is 0.363. The highest BCUT2D eigenvalue weighted by molar-refractivity contribution is 5.89. The molecule has 0 aliphatic carbocycles. The lowest BCUT2D eigenvalue weighted by Crippen LogP contribution is -2.36. The Balaban J connectivity index is 2.39. The van der Waals surface area contributed by atoms with Gasteiger partial charge in [0.15, 0.2) is 0 Å². The quantitative estimate of drug-likeness (QED) is 0.890. The molecule has 0 amide bonds. The van der Waals surface area contributed by atoms with Crippen molar-refractivity contribution in [1.29, 1.82) is 0 Å². The van der Waals surface area contributed by atoms with E-state index in [1.54, 1.807) is 0 Å². The van der Waals surface area contributed by atoms with Crippen LogP contribution in [0.2, 0.25) is 0 Å². The smallest absolute Gasteiger partial charge is 0.337 e. The fourth-order valence-corrected chi connectivity index (χ4v) is 2.43. The van der Waals surface area contributed by atoms with Crippen molar-refractivity contribution >= 4 is 5.97 Å². The number of aromatic nitrogens is 1. The highest BCUT2D eigenvalue weighted by atomic mass is 16.4. The van der Waals surface area contributed by atoms with Crippen molar-refractivity contribution < 1.29 is 9.90 Å². The van der Waals surface area contributed by atoms with Crippen molar-refractivity contribution in [3.8, 4) is 0 Å². The van der Waals surface area contributed by atoms with E-state index >= 15 is 0 Å². The Morgan fingerprint density at radius 2 is 2.28 bits per heavy atom. The molecule has 0 atom stereocenters. The highest BCUT2D eigenvalue weighted by Gasteiger charge is 2.22. The number of pyridine rings is 1. The van der Waals surface area contributed by atoms with Crippen molar-refractivity contribution in [1.82, 2.24) is 9.88 Å². The molecule has 2 rings (SSSR count). The first-order valence-corrected chi connectivity index (χ1v) is 6.52. The van der Waals surface area contributed by atoms with Gasteiger partial charge in [0.1, 0.15) is 0 Å². The van der Waals surface area contributed by atoms with Gasteiger partial charge in [0, 0.05) is 31.2 Å². The molecule has 0 radical (unpaired) electrons. The summed E-state index contributed by atoms with van der Waals surface area (Å²) >= 11 is 0. The maximum Gasteiger partial charge on any atom is 0.337 e. The number of carboxylic acids is 1. The van der Waals surface area contributed by atoms with Crippen LogP contribution in [0.3, 0.4) is 0 Å². The van der Waals surface area contributed by atoms with Gasteiger partial charge in [0.05, 0.1) is 11.3 Å². The Kier molecular flexibility index (Phi) is 3.66. The number of fused-ring (bicyclic) bond motifs is 1. The minimum atomic E-state index is -0.871. The summed E-state index contributed by atoms with van der Waals surface area (Å²) in [5.41, 5.74) is 3.22. The number of hydrogen-bond acceptors (Lipinski definition) is 3. The van der Waals surface area contributed by atoms with Gasteiger partial charge in [-0.1, -0.05) is 6.92 Å². The SMILES string of the molecule is CCc1nc2c(cc1C(=O)O)CN(C(C)C)CC2. The van der Waals surface area contributed by atoms with Gasteiger partial charge in [-0.3, -0.25) is 9.88 Å². The predicted octanol–water partition coefficient (Wildman–Crippen LogP) is 2.11. The molecule has 0 saturated carbocycles. The van der Waals surface area contributed by atoms with E-state index in [2.05, 4.69) is 23.7 Å². The van der Waals surface area contributed by atoms with Crippen LogP contribution in [0.25, 0.3) is 0 Å². The average Bonchev–Trinajstić information content (AvgIpc) is 2.36. The molecule has 1 aliphatic rings. The summed E-state index contributed by atoms with van der Waals surface area (Å²) in [5, 5.41) is 9.22. The number of carbonyl (C=O) groups is 1. The van der Waals surface area contributed by atoms with Crippen LogP contribution in [-0.2, 0) is 19.4 Å². The third-order valence-electron chi connectivity index (χ3n) is 3.57. The number of nitrogens with zero attached hydrogens (tertiary/aromatic N) is 2. The van der Waals surface area contributed by atoms with Crippen molar-refractivity contribution in [2.45, 2.75) is 46.2 Å². The second kappa shape index (κ2) is 5.06. The molecule has 0 aromatic carbocycles. The molecule has 1 aromatic heterocycles. The normalized spacial score (nSPS) is 15.8. The second-order valence-electron chi connectivity index (χ2n) is 5.06. The van der Waals surface area contributed by atoms with Crippen molar-refractivity contribution in [2.75, 3.05) is 6.54 Å². The first-order chi connectivity index (χ1) is 8.52. The molecule has 0 spiro atoms. The van der Waals surface area contributed by atoms with E-state index in [1.807, 2.05) is 13.0 Å². The molecule has 1 aliphatic heterocycles. The standard InChI is InChI=1S/C14H20N2O2/c1-4-12-11(14(17)18)7-10-8-16(9(2)3)6-5-13(10)15-12/h7,9H,4-6,8H2,1-3H3,(H,17,18). The van der Waals surface area contributed by atoms with Crippen LogP contribution in [0.5, 0.6) is 0 Å². The summed E-state index contributed by atoms with van der Waals surface area (Å²) in [6, 6.07) is 2.30. The Morgan fingerprint density at radius 3 is 2.83 bits per heavy atom. The maximum absolute atomic E-state index is 11.2. The van der Waals surface area contributed by atoms with Crippen molar-refractivity contribution in [3.63, 3.8) is 0 Å². The molecule has 0 fully saturated rings. The Bertz CT molecular complexity index is 469.